The molecule has 8 heteroatoms. The molecule has 10 atom stereocenters. The number of anilines is 1. The number of aliphatic hydroxyl groups excluding tert-OH is 1. The first-order chi connectivity index (χ1) is 25.7. The maximum Gasteiger partial charge on any atom is 0.341 e. The lowest BCUT2D eigenvalue weighted by atomic mass is 9.43. The summed E-state index contributed by atoms with van der Waals surface area (Å²) in [5, 5.41) is 37.8. The Balaban J connectivity index is 0.979. The van der Waals surface area contributed by atoms with Crippen molar-refractivity contribution >= 4 is 28.5 Å². The van der Waals surface area contributed by atoms with E-state index in [0.29, 0.717) is 59.7 Å². The highest BCUT2D eigenvalue weighted by Crippen LogP contribution is 2.69. The Kier molecular flexibility index (Phi) is 10.7. The number of rotatable bonds is 11. The number of ether oxygens (including phenoxy) is 1. The van der Waals surface area contributed by atoms with Crippen molar-refractivity contribution in [3.8, 4) is 0 Å². The van der Waals surface area contributed by atoms with Gasteiger partial charge in [0.1, 0.15) is 5.56 Å². The van der Waals surface area contributed by atoms with E-state index in [0.717, 1.165) is 85.5 Å². The van der Waals surface area contributed by atoms with Gasteiger partial charge in [-0.15, -0.1) is 0 Å². The number of carboxylic acids is 1. The Bertz CT molecular complexity index is 1880. The Morgan fingerprint density at radius 1 is 1.00 bits per heavy atom. The van der Waals surface area contributed by atoms with Crippen molar-refractivity contribution in [2.45, 2.75) is 130 Å². The third-order valence-electron chi connectivity index (χ3n) is 15.7. The highest BCUT2D eigenvalue weighted by atomic mass is 16.5. The predicted octanol–water partition coefficient (Wildman–Crippen LogP) is 9.04. The minimum absolute atomic E-state index is 0.129. The molecule has 4 aliphatic rings. The second-order valence-electron chi connectivity index (χ2n) is 18.4. The fourth-order valence-corrected chi connectivity index (χ4v) is 12.6. The SMILES string of the molecule is COC(=O)c1c(C)nc2cccc(C)c2c1NCc1ccc(CC[C@@]2(O)CC[C@@]3(C)C(CCC4C3C[C@H](O)[C@@]3(C)C4CC[C@@H]3[C@H](C)CCC(=O)O)C2)cc1. The van der Waals surface area contributed by atoms with Crippen LogP contribution in [0.3, 0.4) is 0 Å². The van der Waals surface area contributed by atoms with Crippen LogP contribution in [0, 0.1) is 60.2 Å². The number of carbonyl (C=O) groups is 2. The van der Waals surface area contributed by atoms with Crippen LogP contribution in [0.1, 0.15) is 124 Å². The normalized spacial score (nSPS) is 33.7. The predicted molar refractivity (Wildman–Crippen MR) is 212 cm³/mol. The Labute approximate surface area is 321 Å². The lowest BCUT2D eigenvalue weighted by molar-refractivity contribution is -0.186. The molecule has 292 valence electrons. The molecule has 0 aliphatic heterocycles. The number of esters is 1. The van der Waals surface area contributed by atoms with Crippen LogP contribution in [0.25, 0.3) is 10.9 Å². The molecule has 4 aliphatic carbocycles. The van der Waals surface area contributed by atoms with Crippen molar-refractivity contribution in [1.82, 2.24) is 4.98 Å². The Morgan fingerprint density at radius 3 is 2.46 bits per heavy atom. The number of aliphatic hydroxyl groups is 2. The van der Waals surface area contributed by atoms with Crippen LogP contribution in [-0.4, -0.2) is 51.1 Å². The van der Waals surface area contributed by atoms with E-state index in [2.05, 4.69) is 55.3 Å². The molecule has 4 fully saturated rings. The van der Waals surface area contributed by atoms with Gasteiger partial charge < -0.3 is 25.4 Å². The van der Waals surface area contributed by atoms with Crippen LogP contribution < -0.4 is 5.32 Å². The first kappa shape index (κ1) is 38.8. The Hall–Kier alpha value is -3.49. The summed E-state index contributed by atoms with van der Waals surface area (Å²) < 4.78 is 5.14. The molecule has 0 saturated heterocycles. The van der Waals surface area contributed by atoms with Crippen molar-refractivity contribution in [3.63, 3.8) is 0 Å². The molecule has 0 radical (unpaired) electrons. The molecule has 54 heavy (non-hydrogen) atoms. The number of nitrogens with zero attached hydrogens (tertiary/aromatic N) is 1. The number of fused-ring (bicyclic) bond motifs is 6. The van der Waals surface area contributed by atoms with E-state index in [1.807, 2.05) is 32.0 Å². The number of aliphatic carboxylic acids is 1. The van der Waals surface area contributed by atoms with Gasteiger partial charge in [0.05, 0.1) is 35.7 Å². The van der Waals surface area contributed by atoms with Gasteiger partial charge in [-0.25, -0.2) is 4.79 Å². The first-order valence-electron chi connectivity index (χ1n) is 20.6. The first-order valence-corrected chi connectivity index (χ1v) is 20.6. The molecular weight excluding hydrogens is 677 g/mol. The highest BCUT2D eigenvalue weighted by Gasteiger charge is 2.64. The fraction of sp³-hybridized carbons (Fsp3) is 0.630. The molecule has 4 unspecified atom stereocenters. The van der Waals surface area contributed by atoms with Gasteiger partial charge in [0.2, 0.25) is 0 Å². The maximum atomic E-state index is 12.8. The average molecular weight is 739 g/mol. The van der Waals surface area contributed by atoms with Crippen LogP contribution in [0.4, 0.5) is 5.69 Å². The molecule has 3 aromatic rings. The minimum atomic E-state index is -0.727. The number of carbonyl (C=O) groups excluding carboxylic acids is 1. The van der Waals surface area contributed by atoms with Gasteiger partial charge in [0.25, 0.3) is 0 Å². The maximum absolute atomic E-state index is 12.8. The standard InChI is InChI=1S/C46H62N2O6/c1-27(10-19-39(50)51)34-17-18-35-33-16-15-32-25-46(53,23-22-44(32,4)36(33)24-38(49)45(34,35)5)21-20-30-11-13-31(14-12-30)26-47-42-40-28(2)8-7-9-37(40)48-29(3)41(42)43(52)54-6/h7-9,11-14,27,32-36,38,49,53H,10,15-26H2,1-6H3,(H,47,48)(H,50,51)/t27-,32?,33?,34-,35?,36?,38+,44+,45-,46-/m1/s1. The molecule has 2 aromatic carbocycles. The number of hydrogen-bond acceptors (Lipinski definition) is 7. The van der Waals surface area contributed by atoms with E-state index in [4.69, 9.17) is 4.74 Å². The van der Waals surface area contributed by atoms with Gasteiger partial charge >= 0.3 is 11.9 Å². The zero-order valence-electron chi connectivity index (χ0n) is 33.3. The molecule has 7 rings (SSSR count). The van der Waals surface area contributed by atoms with Crippen molar-refractivity contribution in [1.29, 1.82) is 0 Å². The van der Waals surface area contributed by atoms with Crippen LogP contribution in [0.15, 0.2) is 42.5 Å². The van der Waals surface area contributed by atoms with Crippen LogP contribution in [0.5, 0.6) is 0 Å². The lowest BCUT2D eigenvalue weighted by Gasteiger charge is -2.63. The summed E-state index contributed by atoms with van der Waals surface area (Å²) in [5.74, 6) is 1.58. The molecule has 4 saturated carbocycles. The van der Waals surface area contributed by atoms with Gasteiger partial charge in [-0.1, -0.05) is 57.2 Å². The Morgan fingerprint density at radius 2 is 1.74 bits per heavy atom. The number of carboxylic acid groups (broad SMARTS) is 1. The summed E-state index contributed by atoms with van der Waals surface area (Å²) in [6.45, 7) is 11.4. The zero-order valence-corrected chi connectivity index (χ0v) is 33.3. The highest BCUT2D eigenvalue weighted by molar-refractivity contribution is 6.07. The summed E-state index contributed by atoms with van der Waals surface area (Å²) in [4.78, 5) is 28.9. The number of benzene rings is 2. The van der Waals surface area contributed by atoms with E-state index in [1.165, 1.54) is 19.1 Å². The summed E-state index contributed by atoms with van der Waals surface area (Å²) in [6, 6.07) is 14.6. The number of aryl methyl sites for hydroxylation is 3. The lowest BCUT2D eigenvalue weighted by Crippen LogP contribution is -2.59. The summed E-state index contributed by atoms with van der Waals surface area (Å²) in [5.41, 5.74) is 5.35. The summed E-state index contributed by atoms with van der Waals surface area (Å²) in [6.07, 6.45) is 10.1. The summed E-state index contributed by atoms with van der Waals surface area (Å²) in [7, 11) is 1.40. The fourth-order valence-electron chi connectivity index (χ4n) is 12.6. The minimum Gasteiger partial charge on any atom is -0.481 e. The van der Waals surface area contributed by atoms with Crippen LogP contribution in [0.2, 0.25) is 0 Å². The van der Waals surface area contributed by atoms with Crippen molar-refractivity contribution in [2.24, 2.45) is 46.3 Å². The van der Waals surface area contributed by atoms with Crippen LogP contribution in [-0.2, 0) is 22.5 Å². The molecule has 0 amide bonds. The van der Waals surface area contributed by atoms with E-state index in [9.17, 15) is 24.9 Å². The van der Waals surface area contributed by atoms with Gasteiger partial charge in [-0.2, -0.15) is 0 Å². The van der Waals surface area contributed by atoms with Crippen molar-refractivity contribution in [3.05, 3.63) is 70.4 Å². The van der Waals surface area contributed by atoms with E-state index >= 15 is 0 Å². The monoisotopic (exact) mass is 738 g/mol. The summed E-state index contributed by atoms with van der Waals surface area (Å²) >= 11 is 0. The molecule has 4 N–H and O–H groups in total. The number of nitrogens with one attached hydrogen (secondary N) is 1. The largest absolute Gasteiger partial charge is 0.481 e. The third kappa shape index (κ3) is 6.84. The van der Waals surface area contributed by atoms with Gasteiger partial charge in [-0.05, 0) is 154 Å². The second-order valence-corrected chi connectivity index (χ2v) is 18.4. The topological polar surface area (TPSA) is 129 Å². The molecule has 1 heterocycles. The molecular formula is C46H62N2O6. The van der Waals surface area contributed by atoms with Gasteiger partial charge in [0.15, 0.2) is 0 Å². The quantitative estimate of drug-likeness (QED) is 0.144. The number of methoxy groups -OCH3 is 1. The van der Waals surface area contributed by atoms with Crippen molar-refractivity contribution < 1.29 is 29.6 Å². The number of aromatic nitrogens is 1. The smallest absolute Gasteiger partial charge is 0.341 e. The zero-order chi connectivity index (χ0) is 38.6. The molecule has 1 aromatic heterocycles. The molecule has 0 spiro atoms. The molecule has 0 bridgehead atoms. The third-order valence-corrected chi connectivity index (χ3v) is 15.7. The van der Waals surface area contributed by atoms with Crippen molar-refractivity contribution in [2.75, 3.05) is 12.4 Å². The van der Waals surface area contributed by atoms with E-state index < -0.39 is 17.5 Å². The van der Waals surface area contributed by atoms with E-state index in [-0.39, 0.29) is 23.4 Å². The molecule has 8 nitrogen and oxygen atoms in total. The number of hydrogen-bond donors (Lipinski definition) is 4. The number of pyridine rings is 1. The second kappa shape index (κ2) is 14.9. The van der Waals surface area contributed by atoms with E-state index in [1.54, 1.807) is 0 Å². The van der Waals surface area contributed by atoms with Crippen LogP contribution >= 0.6 is 0 Å². The average Bonchev–Trinajstić information content (AvgIpc) is 3.51. The van der Waals surface area contributed by atoms with Gasteiger partial charge in [0, 0.05) is 18.4 Å². The van der Waals surface area contributed by atoms with Gasteiger partial charge in [-0.3, -0.25) is 9.78 Å².